The smallest absolute Gasteiger partial charge is 0.408 e. The number of nitrogens with one attached hydrogen (secondary N) is 2. The minimum absolute atomic E-state index is 0.221. The van der Waals surface area contributed by atoms with Crippen molar-refractivity contribution in [2.75, 3.05) is 37.8 Å². The second-order valence-electron chi connectivity index (χ2n) is 12.1. The van der Waals surface area contributed by atoms with Gasteiger partial charge in [0, 0.05) is 30.0 Å². The molecule has 3 heterocycles. The lowest BCUT2D eigenvalue weighted by Crippen LogP contribution is -2.57. The normalized spacial score (nSPS) is 27.4. The highest BCUT2D eigenvalue weighted by Crippen LogP contribution is 2.38. The maximum atomic E-state index is 13.5. The summed E-state index contributed by atoms with van der Waals surface area (Å²) < 4.78 is 16.6. The first-order chi connectivity index (χ1) is 17.2. The van der Waals surface area contributed by atoms with E-state index in [1.165, 1.54) is 21.6 Å². The lowest BCUT2D eigenvalue weighted by molar-refractivity contribution is -0.166. The van der Waals surface area contributed by atoms with Crippen LogP contribution in [0.1, 0.15) is 60.8 Å². The summed E-state index contributed by atoms with van der Waals surface area (Å²) in [5.74, 6) is -0.485. The highest BCUT2D eigenvalue weighted by molar-refractivity contribution is 8.76. The summed E-state index contributed by atoms with van der Waals surface area (Å²) in [7, 11) is 2.88. The molecular formula is C25H41N3O7S2. The first-order valence-electron chi connectivity index (χ1n) is 12.8. The molecule has 3 rings (SSSR count). The number of ether oxygens (including phenoxy) is 3. The minimum atomic E-state index is -0.866. The molecule has 0 aromatic carbocycles. The topological polar surface area (TPSA) is 123 Å². The summed E-state index contributed by atoms with van der Waals surface area (Å²) >= 11 is 0. The third-order valence-corrected chi connectivity index (χ3v) is 8.78. The average Bonchev–Trinajstić information content (AvgIpc) is 3.22. The summed E-state index contributed by atoms with van der Waals surface area (Å²) in [6.07, 6.45) is 1.11. The third kappa shape index (κ3) is 8.68. The molecule has 3 fully saturated rings. The van der Waals surface area contributed by atoms with Gasteiger partial charge in [0.2, 0.25) is 11.8 Å². The maximum absolute atomic E-state index is 13.5. The van der Waals surface area contributed by atoms with Crippen molar-refractivity contribution in [1.82, 2.24) is 15.5 Å². The molecular weight excluding hydrogens is 518 g/mol. The van der Waals surface area contributed by atoms with Crippen LogP contribution < -0.4 is 10.6 Å². The average molecular weight is 560 g/mol. The number of esters is 1. The Morgan fingerprint density at radius 3 is 2.30 bits per heavy atom. The molecule has 0 saturated carbocycles. The molecule has 0 bridgehead atoms. The van der Waals surface area contributed by atoms with Crippen LogP contribution in [-0.4, -0.2) is 89.9 Å². The monoisotopic (exact) mass is 559 g/mol. The highest BCUT2D eigenvalue weighted by Gasteiger charge is 2.45. The Morgan fingerprint density at radius 2 is 1.70 bits per heavy atom. The summed E-state index contributed by atoms with van der Waals surface area (Å²) in [6.45, 7) is 12.5. The number of hydrogen-bond acceptors (Lipinski definition) is 9. The molecule has 0 aromatic rings. The van der Waals surface area contributed by atoms with Gasteiger partial charge in [-0.1, -0.05) is 21.6 Å². The zero-order valence-electron chi connectivity index (χ0n) is 22.7. The third-order valence-electron chi connectivity index (χ3n) is 6.29. The number of amides is 3. The molecule has 3 atom stereocenters. The fraction of sp³-hybridized carbons (Fsp3) is 0.840. The van der Waals surface area contributed by atoms with E-state index in [2.05, 4.69) is 10.6 Å². The lowest BCUT2D eigenvalue weighted by Gasteiger charge is -2.44. The van der Waals surface area contributed by atoms with E-state index in [1.807, 2.05) is 20.8 Å². The van der Waals surface area contributed by atoms with Crippen molar-refractivity contribution >= 4 is 45.5 Å². The zero-order chi connectivity index (χ0) is 27.4. The molecule has 0 aliphatic carbocycles. The summed E-state index contributed by atoms with van der Waals surface area (Å²) in [4.78, 5) is 53.9. The van der Waals surface area contributed by atoms with Crippen molar-refractivity contribution < 1.29 is 33.4 Å². The van der Waals surface area contributed by atoms with Crippen LogP contribution in [0.3, 0.4) is 0 Å². The van der Waals surface area contributed by atoms with E-state index in [0.29, 0.717) is 51.3 Å². The fourth-order valence-electron chi connectivity index (χ4n) is 4.57. The first kappa shape index (κ1) is 29.9. The van der Waals surface area contributed by atoms with E-state index in [9.17, 15) is 19.2 Å². The van der Waals surface area contributed by atoms with Crippen molar-refractivity contribution in [2.24, 2.45) is 11.3 Å². The van der Waals surface area contributed by atoms with Crippen LogP contribution >= 0.6 is 21.6 Å². The molecule has 3 amide bonds. The Balaban J connectivity index is 1.80. The van der Waals surface area contributed by atoms with Crippen LogP contribution in [0.15, 0.2) is 0 Å². The number of rotatable bonds is 2. The molecule has 3 aliphatic rings. The lowest BCUT2D eigenvalue weighted by atomic mass is 9.77. The van der Waals surface area contributed by atoms with Gasteiger partial charge in [0.25, 0.3) is 0 Å². The Morgan fingerprint density at radius 1 is 1.05 bits per heavy atom. The van der Waals surface area contributed by atoms with Gasteiger partial charge in [-0.25, -0.2) is 4.79 Å². The van der Waals surface area contributed by atoms with Crippen molar-refractivity contribution in [3.63, 3.8) is 0 Å². The standard InChI is InChI=1S/C25H41N3O7S2/c1-23(2,3)34-21(31)16-10-25(14-33-15-25)13-26-19(29)18-8-7-9-28(18)20(30)17(12-37-36-11-16)27-22(32)35-24(4,5)6/h16-18H,7-15H2,1-6H3,(H,26,29)(H,27,32)/t16-,17-,18-/m0/s1. The van der Waals surface area contributed by atoms with E-state index in [-0.39, 0.29) is 29.0 Å². The number of hydrogen-bond donors (Lipinski definition) is 2. The SMILES string of the molecule is CC(C)(C)OC(=O)N[C@H]1CSSC[C@@H](C(=O)OC(C)(C)C)CC2(CNC(=O)[C@@H]3CCCN3C1=O)COC2. The van der Waals surface area contributed by atoms with Crippen LogP contribution in [0.2, 0.25) is 0 Å². The number of carbonyl (C=O) groups is 4. The molecule has 1 spiro atoms. The van der Waals surface area contributed by atoms with E-state index < -0.39 is 35.3 Å². The van der Waals surface area contributed by atoms with Gasteiger partial charge in [0.1, 0.15) is 23.3 Å². The molecule has 3 aliphatic heterocycles. The molecule has 10 nitrogen and oxygen atoms in total. The molecule has 0 unspecified atom stereocenters. The molecule has 0 radical (unpaired) electrons. The molecule has 0 aromatic heterocycles. The van der Waals surface area contributed by atoms with Gasteiger partial charge >= 0.3 is 12.1 Å². The molecule has 210 valence electrons. The number of carbonyl (C=O) groups excluding carboxylic acids is 4. The van der Waals surface area contributed by atoms with Gasteiger partial charge in [0.15, 0.2) is 0 Å². The van der Waals surface area contributed by atoms with Gasteiger partial charge in [0.05, 0.1) is 19.1 Å². The molecule has 12 heteroatoms. The predicted molar refractivity (Wildman–Crippen MR) is 143 cm³/mol. The largest absolute Gasteiger partial charge is 0.460 e. The molecule has 37 heavy (non-hydrogen) atoms. The van der Waals surface area contributed by atoms with Crippen molar-refractivity contribution in [1.29, 1.82) is 0 Å². The number of alkyl carbamates (subject to hydrolysis) is 1. The van der Waals surface area contributed by atoms with Crippen LogP contribution in [0.5, 0.6) is 0 Å². The Labute approximate surface area is 227 Å². The Bertz CT molecular complexity index is 867. The van der Waals surface area contributed by atoms with Gasteiger partial charge in [-0.3, -0.25) is 14.4 Å². The zero-order valence-corrected chi connectivity index (χ0v) is 24.4. The summed E-state index contributed by atoms with van der Waals surface area (Å²) in [5.41, 5.74) is -1.68. The van der Waals surface area contributed by atoms with Crippen LogP contribution in [0, 0.1) is 11.3 Å². The van der Waals surface area contributed by atoms with Gasteiger partial charge in [-0.05, 0) is 60.8 Å². The molecule has 3 saturated heterocycles. The second kappa shape index (κ2) is 12.0. The van der Waals surface area contributed by atoms with E-state index in [0.717, 1.165) is 0 Å². The van der Waals surface area contributed by atoms with Crippen molar-refractivity contribution in [3.05, 3.63) is 0 Å². The van der Waals surface area contributed by atoms with E-state index >= 15 is 0 Å². The van der Waals surface area contributed by atoms with Gasteiger partial charge in [-0.15, -0.1) is 0 Å². The highest BCUT2D eigenvalue weighted by atomic mass is 33.1. The summed E-state index contributed by atoms with van der Waals surface area (Å²) in [6, 6.07) is -1.47. The number of fused-ring (bicyclic) bond motifs is 1. The maximum Gasteiger partial charge on any atom is 0.408 e. The number of nitrogens with zero attached hydrogens (tertiary/aromatic N) is 1. The van der Waals surface area contributed by atoms with E-state index in [1.54, 1.807) is 25.7 Å². The first-order valence-corrected chi connectivity index (χ1v) is 15.3. The Hall–Kier alpha value is -1.66. The van der Waals surface area contributed by atoms with E-state index in [4.69, 9.17) is 14.2 Å². The van der Waals surface area contributed by atoms with Crippen LogP contribution in [0.4, 0.5) is 4.79 Å². The van der Waals surface area contributed by atoms with Crippen LogP contribution in [-0.2, 0) is 28.6 Å². The van der Waals surface area contributed by atoms with Crippen molar-refractivity contribution in [3.8, 4) is 0 Å². The quantitative estimate of drug-likeness (QED) is 0.388. The van der Waals surface area contributed by atoms with Gasteiger partial charge in [-0.2, -0.15) is 0 Å². The Kier molecular flexibility index (Phi) is 9.71. The second-order valence-corrected chi connectivity index (χ2v) is 14.7. The summed E-state index contributed by atoms with van der Waals surface area (Å²) in [5, 5.41) is 5.73. The predicted octanol–water partition coefficient (Wildman–Crippen LogP) is 2.75. The fourth-order valence-corrected chi connectivity index (χ4v) is 7.02. The van der Waals surface area contributed by atoms with Crippen molar-refractivity contribution in [2.45, 2.75) is 84.1 Å². The minimum Gasteiger partial charge on any atom is -0.460 e. The van der Waals surface area contributed by atoms with Gasteiger partial charge < -0.3 is 29.7 Å². The van der Waals surface area contributed by atoms with Crippen LogP contribution in [0.25, 0.3) is 0 Å². The molecule has 2 N–H and O–H groups in total.